The van der Waals surface area contributed by atoms with Crippen molar-refractivity contribution in [2.75, 3.05) is 0 Å². The molecule has 0 saturated carbocycles. The van der Waals surface area contributed by atoms with E-state index in [-0.39, 0.29) is 0 Å². The minimum Gasteiger partial charge on any atom is -0.472 e. The maximum atomic E-state index is 5.04. The minimum atomic E-state index is 0.337. The normalized spacial score (nSPS) is 12.6. The molecule has 0 amide bonds. The van der Waals surface area contributed by atoms with Gasteiger partial charge in [0, 0.05) is 10.4 Å². The smallest absolute Gasteiger partial charge is 0.0946 e. The first-order valence-electron chi connectivity index (χ1n) is 4.56. The molecule has 0 aliphatic carbocycles. The highest BCUT2D eigenvalue weighted by atomic mass is 79.9. The van der Waals surface area contributed by atoms with Crippen molar-refractivity contribution in [3.05, 3.63) is 60.1 Å². The van der Waals surface area contributed by atoms with Crippen LogP contribution in [0.2, 0.25) is 0 Å². The summed E-state index contributed by atoms with van der Waals surface area (Å²) in [6, 6.07) is 12.4. The maximum absolute atomic E-state index is 5.04. The Hall–Kier alpha value is -1.02. The molecule has 1 unspecified atom stereocenters. The van der Waals surface area contributed by atoms with Gasteiger partial charge < -0.3 is 4.42 Å². The summed E-state index contributed by atoms with van der Waals surface area (Å²) >= 11 is 3.64. The molecule has 0 aliphatic rings. The van der Waals surface area contributed by atoms with Gasteiger partial charge in [-0.2, -0.15) is 0 Å². The number of halogens is 1. The molecule has 2 rings (SSSR count). The Morgan fingerprint density at radius 2 is 1.93 bits per heavy atom. The van der Waals surface area contributed by atoms with Crippen molar-refractivity contribution in [1.29, 1.82) is 0 Å². The largest absolute Gasteiger partial charge is 0.472 e. The third kappa shape index (κ3) is 2.26. The molecule has 0 radical (unpaired) electrons. The van der Waals surface area contributed by atoms with Gasteiger partial charge in [-0.25, -0.2) is 0 Å². The van der Waals surface area contributed by atoms with Crippen molar-refractivity contribution >= 4 is 15.9 Å². The first-order chi connectivity index (χ1) is 6.86. The molecule has 1 nitrogen and oxygen atoms in total. The van der Waals surface area contributed by atoms with Crippen LogP contribution in [0, 0.1) is 0 Å². The van der Waals surface area contributed by atoms with Crippen molar-refractivity contribution < 1.29 is 4.42 Å². The molecule has 2 aromatic rings. The number of hydrogen-bond acceptors (Lipinski definition) is 1. The monoisotopic (exact) mass is 250 g/mol. The lowest BCUT2D eigenvalue weighted by Crippen LogP contribution is -1.92. The van der Waals surface area contributed by atoms with Crippen molar-refractivity contribution in [1.82, 2.24) is 0 Å². The molecule has 1 aromatic carbocycles. The second-order valence-corrected chi connectivity index (χ2v) is 4.32. The van der Waals surface area contributed by atoms with Crippen molar-refractivity contribution in [3.63, 3.8) is 0 Å². The lowest BCUT2D eigenvalue weighted by molar-refractivity contribution is 0.563. The predicted octanol–water partition coefficient (Wildman–Crippen LogP) is 3.96. The zero-order chi connectivity index (χ0) is 9.80. The Kier molecular flexibility index (Phi) is 3.04. The van der Waals surface area contributed by atoms with Gasteiger partial charge >= 0.3 is 0 Å². The Morgan fingerprint density at radius 3 is 2.57 bits per heavy atom. The quantitative estimate of drug-likeness (QED) is 0.752. The Bertz CT molecular complexity index is 366. The Labute approximate surface area is 91.9 Å². The summed E-state index contributed by atoms with van der Waals surface area (Å²) in [5.41, 5.74) is 2.52. The molecular weight excluding hydrogens is 240 g/mol. The van der Waals surface area contributed by atoms with Gasteiger partial charge in [0.1, 0.15) is 0 Å². The molecular formula is C12H11BrO. The van der Waals surface area contributed by atoms with E-state index in [0.29, 0.717) is 4.83 Å². The average Bonchev–Trinajstić information content (AvgIpc) is 2.72. The van der Waals surface area contributed by atoms with Crippen molar-refractivity contribution in [2.24, 2.45) is 0 Å². The third-order valence-electron chi connectivity index (χ3n) is 2.16. The molecule has 1 heterocycles. The highest BCUT2D eigenvalue weighted by Gasteiger charge is 2.08. The van der Waals surface area contributed by atoms with Crippen LogP contribution in [0.5, 0.6) is 0 Å². The summed E-state index contributed by atoms with van der Waals surface area (Å²) in [5, 5.41) is 0. The second-order valence-electron chi connectivity index (χ2n) is 3.21. The zero-order valence-corrected chi connectivity index (χ0v) is 9.28. The van der Waals surface area contributed by atoms with Gasteiger partial charge in [0.2, 0.25) is 0 Å². The molecule has 14 heavy (non-hydrogen) atoms. The van der Waals surface area contributed by atoms with Gasteiger partial charge in [-0.05, 0) is 18.1 Å². The van der Waals surface area contributed by atoms with Crippen LogP contribution < -0.4 is 0 Å². The summed E-state index contributed by atoms with van der Waals surface area (Å²) in [5.74, 6) is 0. The van der Waals surface area contributed by atoms with E-state index in [9.17, 15) is 0 Å². The predicted molar refractivity (Wildman–Crippen MR) is 60.5 cm³/mol. The van der Waals surface area contributed by atoms with E-state index >= 15 is 0 Å². The van der Waals surface area contributed by atoms with Gasteiger partial charge in [-0.3, -0.25) is 0 Å². The van der Waals surface area contributed by atoms with E-state index in [1.165, 1.54) is 11.1 Å². The molecule has 0 bridgehead atoms. The van der Waals surface area contributed by atoms with Gasteiger partial charge in [-0.1, -0.05) is 46.3 Å². The van der Waals surface area contributed by atoms with E-state index in [0.717, 1.165) is 6.42 Å². The summed E-state index contributed by atoms with van der Waals surface area (Å²) in [4.78, 5) is 0.337. The fraction of sp³-hybridized carbons (Fsp3) is 0.167. The summed E-state index contributed by atoms with van der Waals surface area (Å²) in [6.45, 7) is 0. The van der Waals surface area contributed by atoms with E-state index < -0.39 is 0 Å². The molecule has 0 saturated heterocycles. The second kappa shape index (κ2) is 4.47. The van der Waals surface area contributed by atoms with E-state index in [2.05, 4.69) is 40.2 Å². The number of alkyl halides is 1. The molecule has 0 fully saturated rings. The zero-order valence-electron chi connectivity index (χ0n) is 7.69. The Morgan fingerprint density at radius 1 is 1.14 bits per heavy atom. The van der Waals surface area contributed by atoms with Crippen LogP contribution in [-0.4, -0.2) is 0 Å². The van der Waals surface area contributed by atoms with E-state index in [1.54, 1.807) is 12.5 Å². The minimum absolute atomic E-state index is 0.337. The van der Waals surface area contributed by atoms with E-state index in [1.807, 2.05) is 12.1 Å². The van der Waals surface area contributed by atoms with Crippen LogP contribution in [0.15, 0.2) is 53.3 Å². The number of rotatable bonds is 3. The van der Waals surface area contributed by atoms with Crippen LogP contribution in [-0.2, 0) is 6.42 Å². The van der Waals surface area contributed by atoms with Gasteiger partial charge in [-0.15, -0.1) is 0 Å². The van der Waals surface area contributed by atoms with Crippen molar-refractivity contribution in [3.8, 4) is 0 Å². The van der Waals surface area contributed by atoms with E-state index in [4.69, 9.17) is 4.42 Å². The summed E-state index contributed by atoms with van der Waals surface area (Å²) < 4.78 is 5.04. The summed E-state index contributed by atoms with van der Waals surface area (Å²) in [6.07, 6.45) is 4.47. The lowest BCUT2D eigenvalue weighted by atomic mass is 10.1. The van der Waals surface area contributed by atoms with Crippen molar-refractivity contribution in [2.45, 2.75) is 11.2 Å². The maximum Gasteiger partial charge on any atom is 0.0946 e. The topological polar surface area (TPSA) is 13.1 Å². The van der Waals surface area contributed by atoms with Gasteiger partial charge in [0.15, 0.2) is 0 Å². The van der Waals surface area contributed by atoms with Crippen LogP contribution in [0.4, 0.5) is 0 Å². The fourth-order valence-electron chi connectivity index (χ4n) is 1.39. The SMILES string of the molecule is BrC(Cc1ccccc1)c1ccoc1. The molecule has 1 aromatic heterocycles. The van der Waals surface area contributed by atoms with Crippen LogP contribution in [0.25, 0.3) is 0 Å². The average molecular weight is 251 g/mol. The van der Waals surface area contributed by atoms with Gasteiger partial charge in [0.25, 0.3) is 0 Å². The van der Waals surface area contributed by atoms with Gasteiger partial charge in [0.05, 0.1) is 12.5 Å². The van der Waals surface area contributed by atoms with Crippen LogP contribution in [0.3, 0.4) is 0 Å². The first kappa shape index (κ1) is 9.53. The van der Waals surface area contributed by atoms with Crippen LogP contribution in [0.1, 0.15) is 16.0 Å². The fourth-order valence-corrected chi connectivity index (χ4v) is 2.03. The highest BCUT2D eigenvalue weighted by Crippen LogP contribution is 2.26. The number of benzene rings is 1. The number of furan rings is 1. The molecule has 2 heteroatoms. The highest BCUT2D eigenvalue weighted by molar-refractivity contribution is 9.09. The number of hydrogen-bond donors (Lipinski definition) is 0. The molecule has 1 atom stereocenters. The molecule has 72 valence electrons. The standard InChI is InChI=1S/C12H11BrO/c13-12(11-6-7-14-9-11)8-10-4-2-1-3-5-10/h1-7,9,12H,8H2. The van der Waals surface area contributed by atoms with Crippen LogP contribution >= 0.6 is 15.9 Å². The summed E-state index contributed by atoms with van der Waals surface area (Å²) in [7, 11) is 0. The molecule has 0 N–H and O–H groups in total. The first-order valence-corrected chi connectivity index (χ1v) is 5.48. The molecule has 0 aliphatic heterocycles. The lowest BCUT2D eigenvalue weighted by Gasteiger charge is -2.06. The Balaban J connectivity index is 2.06. The molecule has 0 spiro atoms. The third-order valence-corrected chi connectivity index (χ3v) is 3.02.